The highest BCUT2D eigenvalue weighted by Crippen LogP contribution is 2.16. The summed E-state index contributed by atoms with van der Waals surface area (Å²) in [5.41, 5.74) is 0. The van der Waals surface area contributed by atoms with Gasteiger partial charge in [0.2, 0.25) is 0 Å². The molecule has 1 saturated heterocycles. The monoisotopic (exact) mass is 479 g/mol. The number of likely N-dealkylation sites (tertiary alicyclic amines) is 1. The van der Waals surface area contributed by atoms with Gasteiger partial charge in [0.15, 0.2) is 5.96 Å². The molecule has 1 fully saturated rings. The van der Waals surface area contributed by atoms with Crippen LogP contribution in [0.1, 0.15) is 26.1 Å². The van der Waals surface area contributed by atoms with Crippen LogP contribution >= 0.6 is 24.0 Å². The average molecular weight is 479 g/mol. The molecule has 0 spiro atoms. The summed E-state index contributed by atoms with van der Waals surface area (Å²) in [5.74, 6) is 3.15. The van der Waals surface area contributed by atoms with Gasteiger partial charge >= 0.3 is 0 Å². The molecule has 1 aliphatic heterocycles. The van der Waals surface area contributed by atoms with Gasteiger partial charge in [0.1, 0.15) is 5.82 Å². The fraction of sp³-hybridized carbons (Fsp3) is 0.778. The van der Waals surface area contributed by atoms with Gasteiger partial charge in [-0.05, 0) is 12.3 Å². The Labute approximate surface area is 174 Å². The molecule has 0 aromatic carbocycles. The summed E-state index contributed by atoms with van der Waals surface area (Å²) in [6.45, 7) is 10.2. The van der Waals surface area contributed by atoms with Crippen LogP contribution in [0.15, 0.2) is 17.4 Å². The predicted molar refractivity (Wildman–Crippen MR) is 115 cm³/mol. The Kier molecular flexibility index (Phi) is 11.1. The second kappa shape index (κ2) is 12.5. The first-order valence-corrected chi connectivity index (χ1v) is 9.16. The van der Waals surface area contributed by atoms with Gasteiger partial charge in [-0.15, -0.1) is 24.0 Å². The SMILES string of the molecule is CN=C(NCc1nccn1CC(C)C)N1CCC(COCCOC)C1.I. The number of aliphatic imine (C=N–C) groups is 1. The van der Waals surface area contributed by atoms with Crippen molar-refractivity contribution in [3.63, 3.8) is 0 Å². The van der Waals surface area contributed by atoms with E-state index in [9.17, 15) is 0 Å². The predicted octanol–water partition coefficient (Wildman–Crippen LogP) is 2.22. The van der Waals surface area contributed by atoms with E-state index in [1.807, 2.05) is 19.4 Å². The molecule has 0 bridgehead atoms. The Morgan fingerprint density at radius 1 is 1.42 bits per heavy atom. The van der Waals surface area contributed by atoms with Crippen molar-refractivity contribution in [1.82, 2.24) is 19.8 Å². The number of halogens is 1. The van der Waals surface area contributed by atoms with Crippen molar-refractivity contribution in [2.45, 2.75) is 33.4 Å². The Morgan fingerprint density at radius 2 is 2.23 bits per heavy atom. The summed E-state index contributed by atoms with van der Waals surface area (Å²) >= 11 is 0. The summed E-state index contributed by atoms with van der Waals surface area (Å²) < 4.78 is 12.9. The normalized spacial score (nSPS) is 17.7. The smallest absolute Gasteiger partial charge is 0.194 e. The quantitative estimate of drug-likeness (QED) is 0.255. The summed E-state index contributed by atoms with van der Waals surface area (Å²) in [6, 6.07) is 0. The number of ether oxygens (including phenoxy) is 2. The number of methoxy groups -OCH3 is 1. The highest BCUT2D eigenvalue weighted by molar-refractivity contribution is 14.0. The van der Waals surface area contributed by atoms with Gasteiger partial charge < -0.3 is 24.3 Å². The molecular formula is C18H34IN5O2. The average Bonchev–Trinajstić information content (AvgIpc) is 3.22. The lowest BCUT2D eigenvalue weighted by molar-refractivity contribution is 0.0536. The lowest BCUT2D eigenvalue weighted by Crippen LogP contribution is -2.40. The lowest BCUT2D eigenvalue weighted by atomic mass is 10.1. The fourth-order valence-electron chi connectivity index (χ4n) is 3.11. The number of nitrogens with one attached hydrogen (secondary N) is 1. The number of aromatic nitrogens is 2. The molecule has 8 heteroatoms. The molecule has 7 nitrogen and oxygen atoms in total. The van der Waals surface area contributed by atoms with E-state index in [1.165, 1.54) is 0 Å². The zero-order valence-corrected chi connectivity index (χ0v) is 18.8. The molecule has 150 valence electrons. The third kappa shape index (κ3) is 7.40. The third-order valence-electron chi connectivity index (χ3n) is 4.35. The van der Waals surface area contributed by atoms with E-state index >= 15 is 0 Å². The minimum atomic E-state index is 0. The van der Waals surface area contributed by atoms with E-state index < -0.39 is 0 Å². The zero-order chi connectivity index (χ0) is 18.1. The van der Waals surface area contributed by atoms with Crippen LogP contribution in [0, 0.1) is 11.8 Å². The largest absolute Gasteiger partial charge is 0.382 e. The van der Waals surface area contributed by atoms with Crippen molar-refractivity contribution < 1.29 is 9.47 Å². The molecular weight excluding hydrogens is 445 g/mol. The number of hydrogen-bond donors (Lipinski definition) is 1. The van der Waals surface area contributed by atoms with E-state index in [0.29, 0.717) is 31.6 Å². The van der Waals surface area contributed by atoms with E-state index in [1.54, 1.807) is 7.11 Å². The van der Waals surface area contributed by atoms with Crippen LogP contribution in [-0.4, -0.2) is 67.5 Å². The van der Waals surface area contributed by atoms with Crippen molar-refractivity contribution in [3.05, 3.63) is 18.2 Å². The van der Waals surface area contributed by atoms with Gasteiger partial charge in [-0.2, -0.15) is 0 Å². The van der Waals surface area contributed by atoms with Crippen LogP contribution < -0.4 is 5.32 Å². The molecule has 1 atom stereocenters. The van der Waals surface area contributed by atoms with Gasteiger partial charge in [-0.25, -0.2) is 4.98 Å². The molecule has 0 saturated carbocycles. The minimum absolute atomic E-state index is 0. The minimum Gasteiger partial charge on any atom is -0.382 e. The summed E-state index contributed by atoms with van der Waals surface area (Å²) in [5, 5.41) is 3.46. The van der Waals surface area contributed by atoms with Crippen molar-refractivity contribution >= 4 is 29.9 Å². The first-order chi connectivity index (χ1) is 12.1. The topological polar surface area (TPSA) is 63.9 Å². The molecule has 1 aromatic rings. The van der Waals surface area contributed by atoms with Gasteiger partial charge in [0.05, 0.1) is 26.4 Å². The van der Waals surface area contributed by atoms with Crippen molar-refractivity contribution in [3.8, 4) is 0 Å². The molecule has 0 amide bonds. The third-order valence-corrected chi connectivity index (χ3v) is 4.35. The van der Waals surface area contributed by atoms with Crippen LogP contribution in [0.5, 0.6) is 0 Å². The van der Waals surface area contributed by atoms with Gasteiger partial charge in [0, 0.05) is 52.1 Å². The van der Waals surface area contributed by atoms with Gasteiger partial charge in [-0.3, -0.25) is 4.99 Å². The van der Waals surface area contributed by atoms with Crippen molar-refractivity contribution in [2.24, 2.45) is 16.8 Å². The molecule has 0 aliphatic carbocycles. The van der Waals surface area contributed by atoms with Crippen LogP contribution in [0.2, 0.25) is 0 Å². The zero-order valence-electron chi connectivity index (χ0n) is 16.5. The second-order valence-electron chi connectivity index (χ2n) is 6.96. The lowest BCUT2D eigenvalue weighted by Gasteiger charge is -2.22. The van der Waals surface area contributed by atoms with E-state index in [0.717, 1.165) is 44.4 Å². The Morgan fingerprint density at radius 3 is 2.92 bits per heavy atom. The number of nitrogens with zero attached hydrogens (tertiary/aromatic N) is 4. The van der Waals surface area contributed by atoms with E-state index in [4.69, 9.17) is 9.47 Å². The molecule has 1 unspecified atom stereocenters. The van der Waals surface area contributed by atoms with Crippen molar-refractivity contribution in [1.29, 1.82) is 0 Å². The first-order valence-electron chi connectivity index (χ1n) is 9.16. The van der Waals surface area contributed by atoms with E-state index in [2.05, 4.69) is 38.6 Å². The number of imidazole rings is 1. The molecule has 1 N–H and O–H groups in total. The molecule has 0 radical (unpaired) electrons. The molecule has 1 aromatic heterocycles. The fourth-order valence-corrected chi connectivity index (χ4v) is 3.11. The highest BCUT2D eigenvalue weighted by atomic mass is 127. The summed E-state index contributed by atoms with van der Waals surface area (Å²) in [4.78, 5) is 11.2. The van der Waals surface area contributed by atoms with E-state index in [-0.39, 0.29) is 24.0 Å². The second-order valence-corrected chi connectivity index (χ2v) is 6.96. The standard InChI is InChI=1S/C18H33N5O2.HI/c1-15(2)12-22-8-6-20-17(22)11-21-18(19-3)23-7-5-16(13-23)14-25-10-9-24-4;/h6,8,15-16H,5,7,9-14H2,1-4H3,(H,19,21);1H. The highest BCUT2D eigenvalue weighted by Gasteiger charge is 2.25. The summed E-state index contributed by atoms with van der Waals surface area (Å²) in [6.07, 6.45) is 5.05. The first kappa shape index (κ1) is 23.2. The Balaban J connectivity index is 0.00000338. The van der Waals surface area contributed by atoms with Crippen LogP contribution in [0.25, 0.3) is 0 Å². The number of hydrogen-bond acceptors (Lipinski definition) is 4. The van der Waals surface area contributed by atoms with Crippen LogP contribution in [-0.2, 0) is 22.6 Å². The van der Waals surface area contributed by atoms with Gasteiger partial charge in [-0.1, -0.05) is 13.8 Å². The summed E-state index contributed by atoms with van der Waals surface area (Å²) in [7, 11) is 3.54. The maximum atomic E-state index is 5.67. The molecule has 1 aliphatic rings. The maximum Gasteiger partial charge on any atom is 0.194 e. The maximum absolute atomic E-state index is 5.67. The molecule has 2 heterocycles. The number of rotatable bonds is 9. The molecule has 26 heavy (non-hydrogen) atoms. The number of guanidine groups is 1. The van der Waals surface area contributed by atoms with Crippen LogP contribution in [0.3, 0.4) is 0 Å². The van der Waals surface area contributed by atoms with Gasteiger partial charge in [0.25, 0.3) is 0 Å². The molecule has 2 rings (SSSR count). The van der Waals surface area contributed by atoms with Crippen LogP contribution in [0.4, 0.5) is 0 Å². The Bertz CT molecular complexity index is 535. The van der Waals surface area contributed by atoms with Crippen molar-refractivity contribution in [2.75, 3.05) is 47.1 Å². The Hall–Kier alpha value is -0.870.